The molecular weight excluding hydrogens is 412 g/mol. The van der Waals surface area contributed by atoms with E-state index in [9.17, 15) is 4.79 Å². The number of hydrogen-bond acceptors (Lipinski definition) is 3. The normalized spacial score (nSPS) is 26.6. The van der Waals surface area contributed by atoms with E-state index in [1.54, 1.807) is 0 Å². The van der Waals surface area contributed by atoms with Gasteiger partial charge in [-0.2, -0.15) is 0 Å². The lowest BCUT2D eigenvalue weighted by atomic mass is 9.69. The maximum atomic E-state index is 11.0. The third kappa shape index (κ3) is 4.47. The molecule has 4 rings (SSSR count). The van der Waals surface area contributed by atoms with Gasteiger partial charge in [-0.25, -0.2) is 0 Å². The Kier molecular flexibility index (Phi) is 6.06. The van der Waals surface area contributed by atoms with E-state index in [0.29, 0.717) is 12.3 Å². The number of benzene rings is 2. The van der Waals surface area contributed by atoms with Gasteiger partial charge in [0.2, 0.25) is 0 Å². The first-order valence-electron chi connectivity index (χ1n) is 11.1. The number of carboxylic acid groups (broad SMARTS) is 1. The summed E-state index contributed by atoms with van der Waals surface area (Å²) in [4.78, 5) is 11.0. The molecule has 166 valence electrons. The number of carbonyl (C=O) groups is 1. The number of hydrogen-bond donors (Lipinski definition) is 1. The zero-order valence-corrected chi connectivity index (χ0v) is 19.4. The highest BCUT2D eigenvalue weighted by atomic mass is 35.5. The first kappa shape index (κ1) is 22.2. The Morgan fingerprint density at radius 1 is 1.19 bits per heavy atom. The molecule has 0 aliphatic carbocycles. The van der Waals surface area contributed by atoms with Crippen molar-refractivity contribution in [1.82, 2.24) is 0 Å². The van der Waals surface area contributed by atoms with E-state index in [-0.39, 0.29) is 36.1 Å². The van der Waals surface area contributed by atoms with Crippen molar-refractivity contribution >= 4 is 17.6 Å². The van der Waals surface area contributed by atoms with Gasteiger partial charge in [-0.05, 0) is 68.0 Å². The lowest BCUT2D eigenvalue weighted by Crippen LogP contribution is -2.51. The standard InChI is InChI=1S/C26H31ClO4/c1-15(2)24-19(17-7-9-18(27)10-8-17)14-21-25(30-24)20-13-16(6-12-23(28)29)5-11-22(20)31-26(21,3)4/h5,7-11,13,15,19,21,24-25H,6,12,14H2,1-4H3,(H,28,29)/t19-,21+,24+,25-/m1/s1. The van der Waals surface area contributed by atoms with Gasteiger partial charge >= 0.3 is 5.97 Å². The van der Waals surface area contributed by atoms with Gasteiger partial charge in [0.05, 0.1) is 12.2 Å². The molecule has 2 aliphatic heterocycles. The van der Waals surface area contributed by atoms with E-state index < -0.39 is 5.97 Å². The molecule has 0 radical (unpaired) electrons. The SMILES string of the molecule is CC(C)[C@@H]1O[C@@H]2c3cc(CCC(=O)O)ccc3OC(C)(C)[C@H]2C[C@@H]1c1ccc(Cl)cc1. The molecule has 4 atom stereocenters. The van der Waals surface area contributed by atoms with Gasteiger partial charge in [-0.15, -0.1) is 0 Å². The highest BCUT2D eigenvalue weighted by Crippen LogP contribution is 2.54. The van der Waals surface area contributed by atoms with Crippen LogP contribution in [0.15, 0.2) is 42.5 Å². The van der Waals surface area contributed by atoms with Crippen LogP contribution < -0.4 is 4.74 Å². The molecule has 2 aromatic carbocycles. The van der Waals surface area contributed by atoms with Gasteiger partial charge in [0, 0.05) is 28.8 Å². The summed E-state index contributed by atoms with van der Waals surface area (Å²) in [6.07, 6.45) is 1.59. The summed E-state index contributed by atoms with van der Waals surface area (Å²) in [5, 5.41) is 9.80. The Balaban J connectivity index is 1.70. The molecule has 0 unspecified atom stereocenters. The molecule has 0 aromatic heterocycles. The Bertz CT molecular complexity index is 950. The molecule has 0 saturated carbocycles. The average molecular weight is 443 g/mol. The zero-order valence-electron chi connectivity index (χ0n) is 18.6. The van der Waals surface area contributed by atoms with Crippen molar-refractivity contribution in [1.29, 1.82) is 0 Å². The molecule has 5 heteroatoms. The molecule has 1 fully saturated rings. The number of fused-ring (bicyclic) bond motifs is 3. The quantitative estimate of drug-likeness (QED) is 0.580. The number of ether oxygens (including phenoxy) is 2. The smallest absolute Gasteiger partial charge is 0.303 e. The number of aliphatic carboxylic acids is 1. The summed E-state index contributed by atoms with van der Waals surface area (Å²) < 4.78 is 13.3. The lowest BCUT2D eigenvalue weighted by molar-refractivity contribution is -0.169. The van der Waals surface area contributed by atoms with Crippen LogP contribution in [0.5, 0.6) is 5.75 Å². The molecule has 2 aliphatic rings. The summed E-state index contributed by atoms with van der Waals surface area (Å²) in [6.45, 7) is 8.71. The van der Waals surface area contributed by atoms with Crippen molar-refractivity contribution in [3.63, 3.8) is 0 Å². The zero-order chi connectivity index (χ0) is 22.3. The minimum atomic E-state index is -0.785. The van der Waals surface area contributed by atoms with Crippen molar-refractivity contribution in [2.75, 3.05) is 0 Å². The van der Waals surface area contributed by atoms with E-state index in [0.717, 1.165) is 28.3 Å². The second-order valence-electron chi connectivity index (χ2n) is 9.74. The fourth-order valence-corrected chi connectivity index (χ4v) is 5.29. The first-order chi connectivity index (χ1) is 14.7. The number of carboxylic acids is 1. The number of rotatable bonds is 5. The summed E-state index contributed by atoms with van der Waals surface area (Å²) >= 11 is 6.13. The van der Waals surface area contributed by atoms with Gasteiger partial charge in [0.15, 0.2) is 0 Å². The monoisotopic (exact) mass is 442 g/mol. The third-order valence-electron chi connectivity index (χ3n) is 6.80. The van der Waals surface area contributed by atoms with E-state index in [2.05, 4.69) is 45.9 Å². The highest BCUT2D eigenvalue weighted by molar-refractivity contribution is 6.30. The van der Waals surface area contributed by atoms with Crippen LogP contribution in [0.4, 0.5) is 0 Å². The van der Waals surface area contributed by atoms with Gasteiger partial charge < -0.3 is 14.6 Å². The molecule has 0 spiro atoms. The van der Waals surface area contributed by atoms with E-state index >= 15 is 0 Å². The molecule has 31 heavy (non-hydrogen) atoms. The molecule has 2 aromatic rings. The fourth-order valence-electron chi connectivity index (χ4n) is 5.17. The van der Waals surface area contributed by atoms with Crippen LogP contribution in [0, 0.1) is 11.8 Å². The Morgan fingerprint density at radius 2 is 1.90 bits per heavy atom. The van der Waals surface area contributed by atoms with Gasteiger partial charge in [0.1, 0.15) is 11.4 Å². The topological polar surface area (TPSA) is 55.8 Å². The Hall–Kier alpha value is -2.04. The first-order valence-corrected chi connectivity index (χ1v) is 11.5. The van der Waals surface area contributed by atoms with Crippen molar-refractivity contribution in [3.05, 3.63) is 64.2 Å². The van der Waals surface area contributed by atoms with E-state index in [4.69, 9.17) is 26.2 Å². The van der Waals surface area contributed by atoms with Gasteiger partial charge in [0.25, 0.3) is 0 Å². The van der Waals surface area contributed by atoms with E-state index in [1.807, 2.05) is 24.3 Å². The highest BCUT2D eigenvalue weighted by Gasteiger charge is 2.51. The van der Waals surface area contributed by atoms with Crippen molar-refractivity contribution in [2.24, 2.45) is 11.8 Å². The van der Waals surface area contributed by atoms with Gasteiger partial charge in [-0.1, -0.05) is 43.6 Å². The van der Waals surface area contributed by atoms with Gasteiger partial charge in [-0.3, -0.25) is 4.79 Å². The molecule has 1 saturated heterocycles. The minimum Gasteiger partial charge on any atom is -0.487 e. The third-order valence-corrected chi connectivity index (χ3v) is 7.06. The second kappa shape index (κ2) is 8.48. The van der Waals surface area contributed by atoms with Crippen molar-refractivity contribution in [3.8, 4) is 5.75 Å². The number of aryl methyl sites for hydroxylation is 1. The van der Waals surface area contributed by atoms with Crippen molar-refractivity contribution in [2.45, 2.75) is 70.7 Å². The predicted octanol–water partition coefficient (Wildman–Crippen LogP) is 6.41. The summed E-state index contributed by atoms with van der Waals surface area (Å²) in [6, 6.07) is 14.2. The molecule has 2 heterocycles. The Morgan fingerprint density at radius 3 is 2.55 bits per heavy atom. The molecule has 1 N–H and O–H groups in total. The maximum absolute atomic E-state index is 11.0. The number of halogens is 1. The van der Waals surface area contributed by atoms with Crippen LogP contribution in [0.1, 0.15) is 69.2 Å². The Labute approximate surface area is 189 Å². The minimum absolute atomic E-state index is 0.0699. The van der Waals surface area contributed by atoms with E-state index in [1.165, 1.54) is 5.56 Å². The van der Waals surface area contributed by atoms with Crippen molar-refractivity contribution < 1.29 is 19.4 Å². The summed E-state index contributed by atoms with van der Waals surface area (Å²) in [7, 11) is 0. The maximum Gasteiger partial charge on any atom is 0.303 e. The lowest BCUT2D eigenvalue weighted by Gasteiger charge is -2.52. The molecule has 0 bridgehead atoms. The summed E-state index contributed by atoms with van der Waals surface area (Å²) in [5.74, 6) is 0.861. The van der Waals surface area contributed by atoms with Crippen LogP contribution in [0.25, 0.3) is 0 Å². The fraction of sp³-hybridized carbons (Fsp3) is 0.500. The predicted molar refractivity (Wildman–Crippen MR) is 122 cm³/mol. The largest absolute Gasteiger partial charge is 0.487 e. The van der Waals surface area contributed by atoms with Crippen LogP contribution in [0.2, 0.25) is 5.02 Å². The van der Waals surface area contributed by atoms with Crippen LogP contribution in [-0.4, -0.2) is 22.8 Å². The second-order valence-corrected chi connectivity index (χ2v) is 10.2. The molecular formula is C26H31ClO4. The molecule has 4 nitrogen and oxygen atoms in total. The summed E-state index contributed by atoms with van der Waals surface area (Å²) in [5.41, 5.74) is 2.94. The van der Waals surface area contributed by atoms with Crippen LogP contribution in [0.3, 0.4) is 0 Å². The molecule has 0 amide bonds. The average Bonchev–Trinajstić information content (AvgIpc) is 2.72. The van der Waals surface area contributed by atoms with Crippen LogP contribution >= 0.6 is 11.6 Å². The van der Waals surface area contributed by atoms with Crippen LogP contribution in [-0.2, 0) is 16.0 Å².